The molecule has 1 fully saturated rings. The number of aliphatic hydroxyl groups excluding tert-OH is 1. The van der Waals surface area contributed by atoms with Gasteiger partial charge in [0.05, 0.1) is 11.4 Å². The molecule has 0 bridgehead atoms. The summed E-state index contributed by atoms with van der Waals surface area (Å²) in [4.78, 5) is 17.1. The zero-order valence-corrected chi connectivity index (χ0v) is 21.5. The van der Waals surface area contributed by atoms with Crippen LogP contribution in [0.4, 0.5) is 18.9 Å². The number of halogens is 4. The number of benzene rings is 2. The maximum Gasteiger partial charge on any atom is 0.298 e. The van der Waals surface area contributed by atoms with Crippen LogP contribution in [0.5, 0.6) is 5.75 Å². The Morgan fingerprint density at radius 2 is 1.84 bits per heavy atom. The second-order valence-corrected chi connectivity index (χ2v) is 10.2. The van der Waals surface area contributed by atoms with Gasteiger partial charge in [-0.3, -0.25) is 9.78 Å². The smallest absolute Gasteiger partial charge is 0.298 e. The molecule has 1 saturated carbocycles. The molecular formula is C28H28ClF3N2O3. The summed E-state index contributed by atoms with van der Waals surface area (Å²) in [5, 5.41) is 12.3. The quantitative estimate of drug-likeness (QED) is 0.321. The molecule has 1 aliphatic rings. The Morgan fingerprint density at radius 1 is 1.16 bits per heavy atom. The van der Waals surface area contributed by atoms with Crippen LogP contribution < -0.4 is 10.1 Å². The van der Waals surface area contributed by atoms with Gasteiger partial charge in [-0.25, -0.2) is 4.39 Å². The standard InChI is InChI=1S/C28H28ClF3N2O3/c1-16(35)28(31,32)19-8-4-17(5-9-19)14-25(36)33-20-10-13-24(22(30)15-20)37-27(2,3)26-21(29)11-12-23(34-26)18-6-7-18/h4-5,8-13,15-16,18,35H,6-7,14H2,1-3H3,(H,33,36). The summed E-state index contributed by atoms with van der Waals surface area (Å²) in [6.45, 7) is 4.53. The summed E-state index contributed by atoms with van der Waals surface area (Å²) in [5.74, 6) is -4.11. The van der Waals surface area contributed by atoms with E-state index in [0.29, 0.717) is 22.2 Å². The number of aromatic nitrogens is 1. The number of hydrogen-bond acceptors (Lipinski definition) is 4. The fourth-order valence-corrected chi connectivity index (χ4v) is 4.28. The number of nitrogens with one attached hydrogen (secondary N) is 1. The number of carbonyl (C=O) groups is 1. The van der Waals surface area contributed by atoms with Crippen LogP contribution >= 0.6 is 11.6 Å². The first-order valence-electron chi connectivity index (χ1n) is 12.0. The van der Waals surface area contributed by atoms with Crippen molar-refractivity contribution in [1.82, 2.24) is 4.98 Å². The summed E-state index contributed by atoms with van der Waals surface area (Å²) in [7, 11) is 0. The van der Waals surface area contributed by atoms with Gasteiger partial charge in [0.15, 0.2) is 11.6 Å². The van der Waals surface area contributed by atoms with Crippen molar-refractivity contribution in [2.75, 3.05) is 5.32 Å². The molecule has 9 heteroatoms. The lowest BCUT2D eigenvalue weighted by molar-refractivity contribution is -0.115. The predicted octanol–water partition coefficient (Wildman–Crippen LogP) is 6.72. The fourth-order valence-electron chi connectivity index (χ4n) is 3.95. The summed E-state index contributed by atoms with van der Waals surface area (Å²) in [5.41, 5.74) is 0.820. The molecule has 2 N–H and O–H groups in total. The monoisotopic (exact) mass is 532 g/mol. The Bertz CT molecular complexity index is 1290. The van der Waals surface area contributed by atoms with Crippen LogP contribution in [0.25, 0.3) is 0 Å². The van der Waals surface area contributed by atoms with Gasteiger partial charge in [-0.05, 0) is 63.4 Å². The van der Waals surface area contributed by atoms with Crippen molar-refractivity contribution in [1.29, 1.82) is 0 Å². The summed E-state index contributed by atoms with van der Waals surface area (Å²) < 4.78 is 48.7. The molecule has 0 saturated heterocycles. The lowest BCUT2D eigenvalue weighted by Gasteiger charge is -2.27. The predicted molar refractivity (Wildman–Crippen MR) is 136 cm³/mol. The topological polar surface area (TPSA) is 71.5 Å². The molecule has 1 aromatic heterocycles. The largest absolute Gasteiger partial charge is 0.478 e. The number of amides is 1. The number of hydrogen-bond donors (Lipinski definition) is 2. The summed E-state index contributed by atoms with van der Waals surface area (Å²) in [6.07, 6.45) is 0.229. The summed E-state index contributed by atoms with van der Waals surface area (Å²) in [6, 6.07) is 12.9. The number of pyridine rings is 1. The second kappa shape index (κ2) is 10.3. The number of ether oxygens (including phenoxy) is 1. The number of anilines is 1. The van der Waals surface area contributed by atoms with Crippen LogP contribution in [0.2, 0.25) is 5.02 Å². The average Bonchev–Trinajstić information content (AvgIpc) is 3.67. The molecule has 196 valence electrons. The molecule has 1 amide bonds. The SMILES string of the molecule is CC(O)C(F)(F)c1ccc(CC(=O)Nc2ccc(OC(C)(C)c3nc(C4CC4)ccc3Cl)c(F)c2)cc1. The third-order valence-electron chi connectivity index (χ3n) is 6.24. The minimum atomic E-state index is -3.39. The molecule has 5 nitrogen and oxygen atoms in total. The first kappa shape index (κ1) is 26.9. The van der Waals surface area contributed by atoms with E-state index in [2.05, 4.69) is 10.3 Å². The zero-order valence-electron chi connectivity index (χ0n) is 20.7. The minimum absolute atomic E-state index is 0.0210. The molecule has 1 aliphatic carbocycles. The molecule has 1 heterocycles. The van der Waals surface area contributed by atoms with Crippen molar-refractivity contribution in [3.05, 3.63) is 88.0 Å². The van der Waals surface area contributed by atoms with E-state index in [1.54, 1.807) is 19.9 Å². The third-order valence-corrected chi connectivity index (χ3v) is 6.55. The highest BCUT2D eigenvalue weighted by Crippen LogP contribution is 2.41. The number of aliphatic hydroxyl groups is 1. The van der Waals surface area contributed by atoms with E-state index in [4.69, 9.17) is 16.3 Å². The van der Waals surface area contributed by atoms with Gasteiger partial charge in [0.1, 0.15) is 17.4 Å². The second-order valence-electron chi connectivity index (χ2n) is 9.82. The van der Waals surface area contributed by atoms with Gasteiger partial charge >= 0.3 is 0 Å². The molecule has 3 aromatic rings. The van der Waals surface area contributed by atoms with Gasteiger partial charge in [-0.2, -0.15) is 8.78 Å². The third kappa shape index (κ3) is 6.25. The van der Waals surface area contributed by atoms with Gasteiger partial charge < -0.3 is 15.2 Å². The lowest BCUT2D eigenvalue weighted by atomic mass is 10.0. The highest BCUT2D eigenvalue weighted by molar-refractivity contribution is 6.31. The molecule has 4 rings (SSSR count). The van der Waals surface area contributed by atoms with Gasteiger partial charge in [-0.1, -0.05) is 35.9 Å². The van der Waals surface area contributed by atoms with Crippen LogP contribution in [0, 0.1) is 5.82 Å². The summed E-state index contributed by atoms with van der Waals surface area (Å²) >= 11 is 6.37. The van der Waals surface area contributed by atoms with Gasteiger partial charge in [-0.15, -0.1) is 0 Å². The normalized spacial score (nSPS) is 14.8. The van der Waals surface area contributed by atoms with Crippen molar-refractivity contribution >= 4 is 23.2 Å². The first-order valence-corrected chi connectivity index (χ1v) is 12.4. The van der Waals surface area contributed by atoms with Gasteiger partial charge in [0, 0.05) is 28.9 Å². The number of nitrogens with zero attached hydrogens (tertiary/aromatic N) is 1. The van der Waals surface area contributed by atoms with E-state index in [1.165, 1.54) is 36.4 Å². The molecule has 2 aromatic carbocycles. The van der Waals surface area contributed by atoms with Crippen LogP contribution in [-0.2, 0) is 22.7 Å². The van der Waals surface area contributed by atoms with E-state index in [0.717, 1.165) is 31.5 Å². The molecule has 1 unspecified atom stereocenters. The van der Waals surface area contributed by atoms with E-state index < -0.39 is 29.4 Å². The Kier molecular flexibility index (Phi) is 7.53. The van der Waals surface area contributed by atoms with Crippen molar-refractivity contribution in [3.63, 3.8) is 0 Å². The number of alkyl halides is 2. The maximum absolute atomic E-state index is 14.9. The molecular weight excluding hydrogens is 505 g/mol. The first-order chi connectivity index (χ1) is 17.4. The lowest BCUT2D eigenvalue weighted by Crippen LogP contribution is -2.28. The number of carbonyl (C=O) groups excluding carboxylic acids is 1. The van der Waals surface area contributed by atoms with E-state index >= 15 is 0 Å². The average molecular weight is 533 g/mol. The minimum Gasteiger partial charge on any atom is -0.478 e. The van der Waals surface area contributed by atoms with E-state index in [9.17, 15) is 23.1 Å². The van der Waals surface area contributed by atoms with E-state index in [1.807, 2.05) is 6.07 Å². The Balaban J connectivity index is 1.41. The Morgan fingerprint density at radius 3 is 2.43 bits per heavy atom. The maximum atomic E-state index is 14.9. The Hall–Kier alpha value is -3.10. The molecule has 1 atom stereocenters. The molecule has 0 radical (unpaired) electrons. The van der Waals surface area contributed by atoms with Crippen molar-refractivity contribution in [2.45, 2.75) is 63.6 Å². The zero-order chi connectivity index (χ0) is 27.0. The number of rotatable bonds is 9. The Labute approximate surface area is 218 Å². The van der Waals surface area contributed by atoms with Gasteiger partial charge in [0.25, 0.3) is 5.92 Å². The van der Waals surface area contributed by atoms with Crippen LogP contribution in [-0.4, -0.2) is 22.1 Å². The highest BCUT2D eigenvalue weighted by atomic mass is 35.5. The van der Waals surface area contributed by atoms with Crippen molar-refractivity contribution < 1.29 is 27.8 Å². The van der Waals surface area contributed by atoms with Gasteiger partial charge in [0.2, 0.25) is 5.91 Å². The van der Waals surface area contributed by atoms with Crippen molar-refractivity contribution in [3.8, 4) is 5.75 Å². The van der Waals surface area contributed by atoms with Crippen molar-refractivity contribution in [2.24, 2.45) is 0 Å². The molecule has 37 heavy (non-hydrogen) atoms. The van der Waals surface area contributed by atoms with Crippen LogP contribution in [0.15, 0.2) is 54.6 Å². The van der Waals surface area contributed by atoms with Crippen LogP contribution in [0.3, 0.4) is 0 Å². The van der Waals surface area contributed by atoms with Crippen LogP contribution in [0.1, 0.15) is 62.0 Å². The molecule has 0 spiro atoms. The van der Waals surface area contributed by atoms with E-state index in [-0.39, 0.29) is 23.4 Å². The fraction of sp³-hybridized carbons (Fsp3) is 0.357. The molecule has 0 aliphatic heterocycles. The highest BCUT2D eigenvalue weighted by Gasteiger charge is 2.37.